The molecule has 0 aliphatic carbocycles. The number of nitrogens with one attached hydrogen (secondary N) is 1. The molecule has 0 saturated carbocycles. The minimum atomic E-state index is -0.327. The van der Waals surface area contributed by atoms with Crippen LogP contribution in [-0.2, 0) is 4.74 Å². The van der Waals surface area contributed by atoms with E-state index in [0.717, 1.165) is 41.9 Å². The van der Waals surface area contributed by atoms with E-state index >= 15 is 0 Å². The summed E-state index contributed by atoms with van der Waals surface area (Å²) in [4.78, 5) is 14.7. The second kappa shape index (κ2) is 9.01. The number of aryl methyl sites for hydroxylation is 1. The lowest BCUT2D eigenvalue weighted by atomic mass is 10.1. The number of methoxy groups -OCH3 is 1. The monoisotopic (exact) mass is 431 g/mol. The highest BCUT2D eigenvalue weighted by Gasteiger charge is 2.13. The largest absolute Gasteiger partial charge is 0.496 e. The minimum absolute atomic E-state index is 0.327. The third-order valence-corrected chi connectivity index (χ3v) is 4.90. The van der Waals surface area contributed by atoms with Crippen LogP contribution in [0.25, 0.3) is 0 Å². The third kappa shape index (κ3) is 4.87. The van der Waals surface area contributed by atoms with Gasteiger partial charge in [0.2, 0.25) is 0 Å². The summed E-state index contributed by atoms with van der Waals surface area (Å²) in [6, 6.07) is 11.5. The average molecular weight is 432 g/mol. The Kier molecular flexibility index (Phi) is 6.47. The molecule has 0 atom stereocenters. The highest BCUT2D eigenvalue weighted by molar-refractivity contribution is 9.10. The molecule has 0 radical (unpaired) electrons. The summed E-state index contributed by atoms with van der Waals surface area (Å²) in [7, 11) is 1.53. The summed E-state index contributed by atoms with van der Waals surface area (Å²) in [6.45, 7) is 5.35. The predicted molar refractivity (Wildman–Crippen MR) is 110 cm³/mol. The second-order valence-electron chi connectivity index (χ2n) is 6.18. The Hall–Kier alpha value is -2.38. The van der Waals surface area contributed by atoms with Gasteiger partial charge < -0.3 is 14.4 Å². The van der Waals surface area contributed by atoms with Gasteiger partial charge in [-0.15, -0.1) is 0 Å². The van der Waals surface area contributed by atoms with Crippen molar-refractivity contribution in [1.29, 1.82) is 0 Å². The van der Waals surface area contributed by atoms with E-state index in [9.17, 15) is 4.79 Å². The molecule has 2 aromatic rings. The molecule has 1 N–H and O–H groups in total. The zero-order valence-electron chi connectivity index (χ0n) is 15.4. The van der Waals surface area contributed by atoms with Gasteiger partial charge in [-0.05, 0) is 48.4 Å². The fraction of sp³-hybridized carbons (Fsp3) is 0.300. The average Bonchev–Trinajstić information content (AvgIpc) is 2.69. The molecule has 142 valence electrons. The SMILES string of the molecule is COc1ccc(Br)cc1C(=O)N/N=C\c1ccc(N2CCOCC2)cc1C. The summed E-state index contributed by atoms with van der Waals surface area (Å²) in [6.07, 6.45) is 1.65. The van der Waals surface area contributed by atoms with Crippen LogP contribution in [0.5, 0.6) is 5.75 Å². The van der Waals surface area contributed by atoms with Crippen LogP contribution in [0.4, 0.5) is 5.69 Å². The summed E-state index contributed by atoms with van der Waals surface area (Å²) in [5.41, 5.74) is 6.20. The van der Waals surface area contributed by atoms with Gasteiger partial charge in [0.25, 0.3) is 5.91 Å². The van der Waals surface area contributed by atoms with Crippen molar-refractivity contribution in [1.82, 2.24) is 5.43 Å². The summed E-state index contributed by atoms with van der Waals surface area (Å²) in [5, 5.41) is 4.10. The molecule has 0 unspecified atom stereocenters. The van der Waals surface area contributed by atoms with Crippen LogP contribution >= 0.6 is 15.9 Å². The molecule has 6 nitrogen and oxygen atoms in total. The Labute approximate surface area is 167 Å². The van der Waals surface area contributed by atoms with E-state index in [0.29, 0.717) is 11.3 Å². The number of amides is 1. The fourth-order valence-corrected chi connectivity index (χ4v) is 3.26. The molecule has 1 heterocycles. The predicted octanol–water partition coefficient (Wildman–Crippen LogP) is 3.37. The summed E-state index contributed by atoms with van der Waals surface area (Å²) in [5.74, 6) is 0.170. The number of morpholine rings is 1. The van der Waals surface area contributed by atoms with Crippen LogP contribution < -0.4 is 15.1 Å². The van der Waals surface area contributed by atoms with E-state index in [1.165, 1.54) is 12.8 Å². The topological polar surface area (TPSA) is 63.2 Å². The molecule has 0 bridgehead atoms. The molecular formula is C20H22BrN3O3. The summed E-state index contributed by atoms with van der Waals surface area (Å²) >= 11 is 3.36. The van der Waals surface area contributed by atoms with Crippen molar-refractivity contribution in [2.24, 2.45) is 5.10 Å². The van der Waals surface area contributed by atoms with Crippen LogP contribution in [-0.4, -0.2) is 45.5 Å². The van der Waals surface area contributed by atoms with Gasteiger partial charge in [0.15, 0.2) is 0 Å². The first-order valence-corrected chi connectivity index (χ1v) is 9.48. The van der Waals surface area contributed by atoms with Crippen LogP contribution in [0.15, 0.2) is 46.0 Å². The first-order valence-electron chi connectivity index (χ1n) is 8.69. The molecule has 27 heavy (non-hydrogen) atoms. The molecular weight excluding hydrogens is 410 g/mol. The van der Waals surface area contributed by atoms with Crippen molar-refractivity contribution in [2.75, 3.05) is 38.3 Å². The smallest absolute Gasteiger partial charge is 0.275 e. The number of rotatable bonds is 5. The first kappa shape index (κ1) is 19.4. The van der Waals surface area contributed by atoms with Gasteiger partial charge in [0.05, 0.1) is 32.1 Å². The van der Waals surface area contributed by atoms with Gasteiger partial charge in [0, 0.05) is 23.2 Å². The van der Waals surface area contributed by atoms with E-state index in [2.05, 4.69) is 43.5 Å². The van der Waals surface area contributed by atoms with Gasteiger partial charge in [-0.2, -0.15) is 5.10 Å². The summed E-state index contributed by atoms with van der Waals surface area (Å²) < 4.78 is 11.4. The van der Waals surface area contributed by atoms with Crippen LogP contribution in [0.2, 0.25) is 0 Å². The molecule has 1 amide bonds. The van der Waals surface area contributed by atoms with Crippen molar-refractivity contribution < 1.29 is 14.3 Å². The maximum absolute atomic E-state index is 12.4. The number of carbonyl (C=O) groups excluding carboxylic acids is 1. The van der Waals surface area contributed by atoms with E-state index in [4.69, 9.17) is 9.47 Å². The lowest BCUT2D eigenvalue weighted by Crippen LogP contribution is -2.36. The molecule has 0 aromatic heterocycles. The number of hydrogen-bond donors (Lipinski definition) is 1. The molecule has 1 fully saturated rings. The second-order valence-corrected chi connectivity index (χ2v) is 7.10. The lowest BCUT2D eigenvalue weighted by Gasteiger charge is -2.29. The maximum atomic E-state index is 12.4. The van der Waals surface area contributed by atoms with Gasteiger partial charge >= 0.3 is 0 Å². The molecule has 3 rings (SSSR count). The van der Waals surface area contributed by atoms with E-state index in [-0.39, 0.29) is 5.91 Å². The maximum Gasteiger partial charge on any atom is 0.275 e. The van der Waals surface area contributed by atoms with E-state index < -0.39 is 0 Å². The Morgan fingerprint density at radius 1 is 1.26 bits per heavy atom. The van der Waals surface area contributed by atoms with E-state index in [1.54, 1.807) is 18.3 Å². The van der Waals surface area contributed by atoms with Gasteiger partial charge in [-0.1, -0.05) is 22.0 Å². The highest BCUT2D eigenvalue weighted by atomic mass is 79.9. The molecule has 0 spiro atoms. The fourth-order valence-electron chi connectivity index (χ4n) is 2.90. The van der Waals surface area contributed by atoms with Gasteiger partial charge in [-0.3, -0.25) is 4.79 Å². The van der Waals surface area contributed by atoms with Crippen LogP contribution in [0, 0.1) is 6.92 Å². The zero-order chi connectivity index (χ0) is 19.2. The number of ether oxygens (including phenoxy) is 2. The molecule has 2 aromatic carbocycles. The molecule has 1 aliphatic heterocycles. The number of carbonyl (C=O) groups is 1. The number of nitrogens with zero attached hydrogens (tertiary/aromatic N) is 2. The van der Waals surface area contributed by atoms with Crippen LogP contribution in [0.1, 0.15) is 21.5 Å². The molecule has 1 saturated heterocycles. The van der Waals surface area contributed by atoms with Crippen molar-refractivity contribution in [3.05, 3.63) is 57.6 Å². The highest BCUT2D eigenvalue weighted by Crippen LogP contribution is 2.23. The van der Waals surface area contributed by atoms with Crippen molar-refractivity contribution in [3.63, 3.8) is 0 Å². The normalized spacial score (nSPS) is 14.4. The number of hydrazone groups is 1. The Morgan fingerprint density at radius 3 is 2.74 bits per heavy atom. The number of halogens is 1. The molecule has 7 heteroatoms. The number of benzene rings is 2. The Balaban J connectivity index is 1.67. The lowest BCUT2D eigenvalue weighted by molar-refractivity contribution is 0.0952. The number of hydrogen-bond acceptors (Lipinski definition) is 5. The van der Waals surface area contributed by atoms with Crippen LogP contribution in [0.3, 0.4) is 0 Å². The quantitative estimate of drug-likeness (QED) is 0.582. The third-order valence-electron chi connectivity index (χ3n) is 4.41. The van der Waals surface area contributed by atoms with Gasteiger partial charge in [0.1, 0.15) is 5.75 Å². The van der Waals surface area contributed by atoms with Crippen molar-refractivity contribution >= 4 is 33.7 Å². The van der Waals surface area contributed by atoms with E-state index in [1.807, 2.05) is 19.1 Å². The standard InChI is InChI=1S/C20H22BrN3O3/c1-14-11-17(24-7-9-27-10-8-24)5-3-15(14)13-22-23-20(25)18-12-16(21)4-6-19(18)26-2/h3-6,11-13H,7-10H2,1-2H3,(H,23,25)/b22-13-. The van der Waals surface area contributed by atoms with Gasteiger partial charge in [-0.25, -0.2) is 5.43 Å². The first-order chi connectivity index (χ1) is 13.1. The minimum Gasteiger partial charge on any atom is -0.496 e. The van der Waals surface area contributed by atoms with Crippen molar-refractivity contribution in [3.8, 4) is 5.75 Å². The van der Waals surface area contributed by atoms with Crippen molar-refractivity contribution in [2.45, 2.75) is 6.92 Å². The molecule has 1 aliphatic rings. The Morgan fingerprint density at radius 2 is 2.04 bits per heavy atom. The Bertz CT molecular complexity index is 848. The number of anilines is 1. The zero-order valence-corrected chi connectivity index (χ0v) is 17.0.